The molecule has 0 unspecified atom stereocenters. The van der Waals surface area contributed by atoms with E-state index in [1.165, 1.54) is 18.2 Å². The first kappa shape index (κ1) is 18.5. The largest absolute Gasteiger partial charge is 0.376 e. The molecule has 1 fully saturated rings. The molecule has 2 N–H and O–H groups in total. The van der Waals surface area contributed by atoms with Crippen LogP contribution in [0.1, 0.15) is 33.6 Å². The van der Waals surface area contributed by atoms with Crippen molar-refractivity contribution in [2.75, 3.05) is 18.5 Å². The summed E-state index contributed by atoms with van der Waals surface area (Å²) in [6.45, 7) is 1.09. The van der Waals surface area contributed by atoms with E-state index in [9.17, 15) is 19.7 Å². The minimum Gasteiger partial charge on any atom is -0.376 e. The predicted octanol–water partition coefficient (Wildman–Crippen LogP) is 2.76. The molecule has 1 aliphatic rings. The van der Waals surface area contributed by atoms with E-state index >= 15 is 0 Å². The molecule has 0 aromatic heterocycles. The second-order valence-corrected chi connectivity index (χ2v) is 6.12. The lowest BCUT2D eigenvalue weighted by Gasteiger charge is -2.14. The zero-order valence-electron chi connectivity index (χ0n) is 14.5. The van der Waals surface area contributed by atoms with Crippen molar-refractivity contribution in [1.29, 1.82) is 0 Å². The molecule has 2 aromatic rings. The highest BCUT2D eigenvalue weighted by Crippen LogP contribution is 2.21. The molecular formula is C19H19N3O5. The third kappa shape index (κ3) is 4.48. The Balaban J connectivity index is 1.75. The number of amides is 2. The average molecular weight is 369 g/mol. The van der Waals surface area contributed by atoms with Crippen LogP contribution in [0.3, 0.4) is 0 Å². The molecule has 0 radical (unpaired) electrons. The zero-order chi connectivity index (χ0) is 19.2. The van der Waals surface area contributed by atoms with Crippen LogP contribution in [0.5, 0.6) is 0 Å². The monoisotopic (exact) mass is 369 g/mol. The summed E-state index contributed by atoms with van der Waals surface area (Å²) in [6.07, 6.45) is 1.88. The van der Waals surface area contributed by atoms with Gasteiger partial charge in [0, 0.05) is 19.2 Å². The van der Waals surface area contributed by atoms with E-state index < -0.39 is 10.8 Å². The minimum atomic E-state index is -0.651. The second kappa shape index (κ2) is 8.41. The Kier molecular flexibility index (Phi) is 5.77. The molecule has 0 spiro atoms. The van der Waals surface area contributed by atoms with E-state index in [1.54, 1.807) is 30.3 Å². The topological polar surface area (TPSA) is 111 Å². The lowest BCUT2D eigenvalue weighted by Crippen LogP contribution is -2.32. The molecule has 1 heterocycles. The highest BCUT2D eigenvalue weighted by molar-refractivity contribution is 6.10. The highest BCUT2D eigenvalue weighted by Gasteiger charge is 2.22. The smallest absolute Gasteiger partial charge is 0.282 e. The molecule has 2 amide bonds. The summed E-state index contributed by atoms with van der Waals surface area (Å²) in [5.74, 6) is -0.995. The van der Waals surface area contributed by atoms with Crippen molar-refractivity contribution in [3.05, 3.63) is 69.8 Å². The van der Waals surface area contributed by atoms with Crippen molar-refractivity contribution in [2.24, 2.45) is 0 Å². The average Bonchev–Trinajstić information content (AvgIpc) is 3.20. The van der Waals surface area contributed by atoms with Crippen LogP contribution < -0.4 is 10.6 Å². The third-order valence-electron chi connectivity index (χ3n) is 4.28. The van der Waals surface area contributed by atoms with Crippen molar-refractivity contribution in [3.8, 4) is 0 Å². The number of carbonyl (C=O) groups excluding carboxylic acids is 2. The predicted molar refractivity (Wildman–Crippen MR) is 98.8 cm³/mol. The number of carbonyl (C=O) groups is 2. The van der Waals surface area contributed by atoms with Gasteiger partial charge in [-0.25, -0.2) is 0 Å². The van der Waals surface area contributed by atoms with Crippen LogP contribution in [0.2, 0.25) is 0 Å². The number of hydrogen-bond donors (Lipinski definition) is 2. The van der Waals surface area contributed by atoms with Gasteiger partial charge in [0.15, 0.2) is 0 Å². The number of ether oxygens (including phenoxy) is 1. The Morgan fingerprint density at radius 3 is 2.48 bits per heavy atom. The van der Waals surface area contributed by atoms with Gasteiger partial charge in [0.25, 0.3) is 17.5 Å². The maximum Gasteiger partial charge on any atom is 0.282 e. The number of nitro benzene ring substituents is 1. The molecule has 1 saturated heterocycles. The van der Waals surface area contributed by atoms with Crippen molar-refractivity contribution in [2.45, 2.75) is 18.9 Å². The molecule has 0 saturated carbocycles. The number of hydrogen-bond acceptors (Lipinski definition) is 5. The fourth-order valence-corrected chi connectivity index (χ4v) is 2.91. The Hall–Kier alpha value is -3.26. The van der Waals surface area contributed by atoms with Crippen molar-refractivity contribution in [3.63, 3.8) is 0 Å². The van der Waals surface area contributed by atoms with Crippen LogP contribution in [0, 0.1) is 10.1 Å². The lowest BCUT2D eigenvalue weighted by atomic mass is 10.1. The SMILES string of the molecule is O=C(NC[C@H]1CCCO1)c1ccccc1NC(=O)c1ccccc1[N+](=O)[O-]. The Morgan fingerprint density at radius 1 is 1.07 bits per heavy atom. The fourth-order valence-electron chi connectivity index (χ4n) is 2.91. The standard InChI is InChI=1S/C19H19N3O5/c23-18(20-12-13-6-5-11-27-13)14-7-1-3-9-16(14)21-19(24)15-8-2-4-10-17(15)22(25)26/h1-4,7-10,13H,5-6,11-12H2,(H,20,23)(H,21,24)/t13-/m1/s1. The molecule has 2 aromatic carbocycles. The van der Waals surface area contributed by atoms with E-state index in [4.69, 9.17) is 4.74 Å². The summed E-state index contributed by atoms with van der Waals surface area (Å²) in [5.41, 5.74) is 0.195. The number of benzene rings is 2. The molecule has 8 heteroatoms. The highest BCUT2D eigenvalue weighted by atomic mass is 16.6. The molecule has 0 bridgehead atoms. The van der Waals surface area contributed by atoms with Crippen LogP contribution >= 0.6 is 0 Å². The van der Waals surface area contributed by atoms with Crippen LogP contribution in [-0.2, 0) is 4.74 Å². The Morgan fingerprint density at radius 2 is 1.78 bits per heavy atom. The van der Waals surface area contributed by atoms with Gasteiger partial charge < -0.3 is 15.4 Å². The van der Waals surface area contributed by atoms with Crippen molar-refractivity contribution < 1.29 is 19.2 Å². The molecule has 27 heavy (non-hydrogen) atoms. The molecule has 140 valence electrons. The molecule has 8 nitrogen and oxygen atoms in total. The van der Waals surface area contributed by atoms with Crippen LogP contribution in [-0.4, -0.2) is 36.0 Å². The number of nitro groups is 1. The van der Waals surface area contributed by atoms with E-state index in [2.05, 4.69) is 10.6 Å². The Bertz CT molecular complexity index is 862. The van der Waals surface area contributed by atoms with Crippen molar-refractivity contribution >= 4 is 23.2 Å². The molecule has 0 aliphatic carbocycles. The zero-order valence-corrected chi connectivity index (χ0v) is 14.5. The summed E-state index contributed by atoms with van der Waals surface area (Å²) in [5, 5.41) is 16.5. The van der Waals surface area contributed by atoms with Gasteiger partial charge >= 0.3 is 0 Å². The maximum atomic E-state index is 12.5. The van der Waals surface area contributed by atoms with Gasteiger partial charge in [0.2, 0.25) is 0 Å². The first-order valence-corrected chi connectivity index (χ1v) is 8.60. The van der Waals surface area contributed by atoms with Gasteiger partial charge in [-0.3, -0.25) is 19.7 Å². The lowest BCUT2D eigenvalue weighted by molar-refractivity contribution is -0.385. The number of rotatable bonds is 6. The van der Waals surface area contributed by atoms with Gasteiger partial charge in [-0.2, -0.15) is 0 Å². The quantitative estimate of drug-likeness (QED) is 0.601. The van der Waals surface area contributed by atoms with Crippen LogP contribution in [0.15, 0.2) is 48.5 Å². The summed E-state index contributed by atoms with van der Waals surface area (Å²) in [4.78, 5) is 35.5. The van der Waals surface area contributed by atoms with E-state index in [0.717, 1.165) is 12.8 Å². The molecule has 1 atom stereocenters. The minimum absolute atomic E-state index is 0.00247. The molecule has 3 rings (SSSR count). The van der Waals surface area contributed by atoms with E-state index in [-0.39, 0.29) is 34.5 Å². The van der Waals surface area contributed by atoms with Gasteiger partial charge in [-0.05, 0) is 31.0 Å². The van der Waals surface area contributed by atoms with Gasteiger partial charge in [0.05, 0.1) is 22.3 Å². The van der Waals surface area contributed by atoms with E-state index in [1.807, 2.05) is 0 Å². The van der Waals surface area contributed by atoms with Gasteiger partial charge in [-0.15, -0.1) is 0 Å². The second-order valence-electron chi connectivity index (χ2n) is 6.12. The number of para-hydroxylation sites is 2. The number of anilines is 1. The number of nitrogens with one attached hydrogen (secondary N) is 2. The van der Waals surface area contributed by atoms with Crippen LogP contribution in [0.4, 0.5) is 11.4 Å². The molecular weight excluding hydrogens is 350 g/mol. The first-order chi connectivity index (χ1) is 13.1. The van der Waals surface area contributed by atoms with Crippen LogP contribution in [0.25, 0.3) is 0 Å². The Labute approximate surface area is 155 Å². The summed E-state index contributed by atoms with van der Waals surface area (Å²) >= 11 is 0. The fraction of sp³-hybridized carbons (Fsp3) is 0.263. The van der Waals surface area contributed by atoms with Gasteiger partial charge in [-0.1, -0.05) is 24.3 Å². The third-order valence-corrected chi connectivity index (χ3v) is 4.28. The van der Waals surface area contributed by atoms with E-state index in [0.29, 0.717) is 13.2 Å². The number of nitrogens with zero attached hydrogens (tertiary/aromatic N) is 1. The normalized spacial score (nSPS) is 15.9. The van der Waals surface area contributed by atoms with Gasteiger partial charge in [0.1, 0.15) is 5.56 Å². The van der Waals surface area contributed by atoms with Crippen molar-refractivity contribution in [1.82, 2.24) is 5.32 Å². The first-order valence-electron chi connectivity index (χ1n) is 8.60. The summed E-state index contributed by atoms with van der Waals surface area (Å²) in [6, 6.07) is 12.2. The maximum absolute atomic E-state index is 12.5. The summed E-state index contributed by atoms with van der Waals surface area (Å²) < 4.78 is 5.48. The summed E-state index contributed by atoms with van der Waals surface area (Å²) in [7, 11) is 0. The molecule has 1 aliphatic heterocycles.